The Labute approximate surface area is 130 Å². The molecule has 1 aromatic carbocycles. The van der Waals surface area contributed by atoms with Crippen molar-refractivity contribution in [1.82, 2.24) is 5.32 Å². The van der Waals surface area contributed by atoms with Crippen molar-refractivity contribution in [2.75, 3.05) is 21.3 Å². The lowest BCUT2D eigenvalue weighted by Gasteiger charge is -2.21. The van der Waals surface area contributed by atoms with E-state index >= 15 is 0 Å². The van der Waals surface area contributed by atoms with Gasteiger partial charge in [-0.05, 0) is 43.7 Å². The van der Waals surface area contributed by atoms with Gasteiger partial charge >= 0.3 is 0 Å². The Morgan fingerprint density at radius 1 is 1.00 bits per heavy atom. The number of hydrogen-bond donors (Lipinski definition) is 1. The van der Waals surface area contributed by atoms with Crippen LogP contribution < -0.4 is 14.8 Å². The van der Waals surface area contributed by atoms with Crippen molar-refractivity contribution in [2.45, 2.75) is 58.4 Å². The highest BCUT2D eigenvalue weighted by molar-refractivity contribution is 5.48. The monoisotopic (exact) mass is 293 g/mol. The van der Waals surface area contributed by atoms with E-state index in [4.69, 9.17) is 9.47 Å². The Kier molecular flexibility index (Phi) is 8.21. The summed E-state index contributed by atoms with van der Waals surface area (Å²) in [5, 5.41) is 3.44. The van der Waals surface area contributed by atoms with E-state index in [2.05, 4.69) is 31.3 Å². The predicted octanol–water partition coefficient (Wildman–Crippen LogP) is 4.63. The van der Waals surface area contributed by atoms with E-state index in [1.165, 1.54) is 43.2 Å². The number of ether oxygens (including phenoxy) is 2. The molecule has 0 fully saturated rings. The molecule has 0 radical (unpaired) electrons. The Morgan fingerprint density at radius 2 is 1.62 bits per heavy atom. The topological polar surface area (TPSA) is 30.5 Å². The molecule has 0 spiro atoms. The van der Waals surface area contributed by atoms with Crippen LogP contribution >= 0.6 is 0 Å². The maximum absolute atomic E-state index is 5.43. The third kappa shape index (κ3) is 5.24. The summed E-state index contributed by atoms with van der Waals surface area (Å²) in [6.45, 7) is 4.39. The Bertz CT molecular complexity index is 418. The summed E-state index contributed by atoms with van der Waals surface area (Å²) in [5.41, 5.74) is 2.56. The fourth-order valence-corrected chi connectivity index (χ4v) is 2.78. The SMILES string of the molecule is CCCCCCCC(NC)c1cc(OC)c(OC)cc1C. The van der Waals surface area contributed by atoms with Crippen molar-refractivity contribution in [2.24, 2.45) is 0 Å². The average molecular weight is 293 g/mol. The van der Waals surface area contributed by atoms with E-state index < -0.39 is 0 Å². The molecule has 1 N–H and O–H groups in total. The lowest BCUT2D eigenvalue weighted by molar-refractivity contribution is 0.353. The molecular formula is C18H31NO2. The molecule has 0 bridgehead atoms. The molecule has 0 aliphatic heterocycles. The van der Waals surface area contributed by atoms with Crippen LogP contribution in [-0.2, 0) is 0 Å². The van der Waals surface area contributed by atoms with Crippen molar-refractivity contribution < 1.29 is 9.47 Å². The number of nitrogens with one attached hydrogen (secondary N) is 1. The molecule has 21 heavy (non-hydrogen) atoms. The molecule has 1 atom stereocenters. The first-order valence-electron chi connectivity index (χ1n) is 8.07. The summed E-state index contributed by atoms with van der Waals surface area (Å²) in [6.07, 6.45) is 7.73. The highest BCUT2D eigenvalue weighted by Gasteiger charge is 2.15. The molecule has 0 saturated heterocycles. The highest BCUT2D eigenvalue weighted by atomic mass is 16.5. The zero-order valence-electron chi connectivity index (χ0n) is 14.3. The second kappa shape index (κ2) is 9.67. The summed E-state index contributed by atoms with van der Waals surface area (Å²) in [7, 11) is 5.41. The van der Waals surface area contributed by atoms with Gasteiger partial charge in [0.1, 0.15) is 0 Å². The lowest BCUT2D eigenvalue weighted by Crippen LogP contribution is -2.17. The second-order valence-electron chi connectivity index (χ2n) is 5.61. The molecule has 0 aliphatic rings. The summed E-state index contributed by atoms with van der Waals surface area (Å²) in [6, 6.07) is 4.56. The van der Waals surface area contributed by atoms with Crippen LogP contribution in [0.4, 0.5) is 0 Å². The van der Waals surface area contributed by atoms with Crippen molar-refractivity contribution in [3.05, 3.63) is 23.3 Å². The second-order valence-corrected chi connectivity index (χ2v) is 5.61. The zero-order chi connectivity index (χ0) is 15.7. The smallest absolute Gasteiger partial charge is 0.161 e. The van der Waals surface area contributed by atoms with Gasteiger partial charge in [0.25, 0.3) is 0 Å². The highest BCUT2D eigenvalue weighted by Crippen LogP contribution is 2.34. The van der Waals surface area contributed by atoms with Gasteiger partial charge in [-0.2, -0.15) is 0 Å². The minimum atomic E-state index is 0.381. The minimum Gasteiger partial charge on any atom is -0.493 e. The predicted molar refractivity (Wildman–Crippen MR) is 89.5 cm³/mol. The fraction of sp³-hybridized carbons (Fsp3) is 0.667. The van der Waals surface area contributed by atoms with Gasteiger partial charge in [0.15, 0.2) is 11.5 Å². The molecule has 1 rings (SSSR count). The van der Waals surface area contributed by atoms with Crippen LogP contribution in [0.15, 0.2) is 12.1 Å². The van der Waals surface area contributed by atoms with Crippen molar-refractivity contribution >= 4 is 0 Å². The largest absolute Gasteiger partial charge is 0.493 e. The molecule has 120 valence electrons. The summed E-state index contributed by atoms with van der Waals surface area (Å²) in [4.78, 5) is 0. The molecule has 0 heterocycles. The number of rotatable bonds is 10. The summed E-state index contributed by atoms with van der Waals surface area (Å²) < 4.78 is 10.8. The van der Waals surface area contributed by atoms with Crippen molar-refractivity contribution in [3.8, 4) is 11.5 Å². The molecule has 0 aromatic heterocycles. The third-order valence-electron chi connectivity index (χ3n) is 4.09. The van der Waals surface area contributed by atoms with Gasteiger partial charge in [-0.25, -0.2) is 0 Å². The molecule has 0 aliphatic carbocycles. The molecule has 3 nitrogen and oxygen atoms in total. The molecule has 3 heteroatoms. The van der Waals surface area contributed by atoms with E-state index in [1.54, 1.807) is 14.2 Å². The number of hydrogen-bond acceptors (Lipinski definition) is 3. The summed E-state index contributed by atoms with van der Waals surface area (Å²) >= 11 is 0. The number of unbranched alkanes of at least 4 members (excludes halogenated alkanes) is 4. The van der Waals surface area contributed by atoms with Crippen molar-refractivity contribution in [1.29, 1.82) is 0 Å². The number of aryl methyl sites for hydroxylation is 1. The van der Waals surface area contributed by atoms with Crippen LogP contribution in [0.3, 0.4) is 0 Å². The fourth-order valence-electron chi connectivity index (χ4n) is 2.78. The van der Waals surface area contributed by atoms with E-state index in [9.17, 15) is 0 Å². The van der Waals surface area contributed by atoms with Gasteiger partial charge < -0.3 is 14.8 Å². The van der Waals surface area contributed by atoms with Crippen LogP contribution in [0.5, 0.6) is 11.5 Å². The average Bonchev–Trinajstić information content (AvgIpc) is 2.51. The van der Waals surface area contributed by atoms with Crippen molar-refractivity contribution in [3.63, 3.8) is 0 Å². The molecule has 1 unspecified atom stereocenters. The number of methoxy groups -OCH3 is 2. The normalized spacial score (nSPS) is 12.2. The zero-order valence-corrected chi connectivity index (χ0v) is 14.3. The van der Waals surface area contributed by atoms with E-state index in [-0.39, 0.29) is 0 Å². The first-order valence-corrected chi connectivity index (χ1v) is 8.07. The van der Waals surface area contributed by atoms with Crippen LogP contribution in [0.2, 0.25) is 0 Å². The third-order valence-corrected chi connectivity index (χ3v) is 4.09. The van der Waals surface area contributed by atoms with E-state index in [0.717, 1.165) is 17.9 Å². The molecule has 1 aromatic rings. The number of benzene rings is 1. The lowest BCUT2D eigenvalue weighted by atomic mass is 9.95. The first-order chi connectivity index (χ1) is 10.2. The Morgan fingerprint density at radius 3 is 2.19 bits per heavy atom. The van der Waals surface area contributed by atoms with Gasteiger partial charge in [-0.1, -0.05) is 39.0 Å². The molecule has 0 amide bonds. The van der Waals surface area contributed by atoms with Crippen LogP contribution in [0.25, 0.3) is 0 Å². The molecular weight excluding hydrogens is 262 g/mol. The maximum atomic E-state index is 5.43. The molecule has 0 saturated carbocycles. The Balaban J connectivity index is 2.75. The maximum Gasteiger partial charge on any atom is 0.161 e. The Hall–Kier alpha value is -1.22. The van der Waals surface area contributed by atoms with Gasteiger partial charge in [0.05, 0.1) is 14.2 Å². The van der Waals surface area contributed by atoms with Gasteiger partial charge in [0.2, 0.25) is 0 Å². The standard InChI is InChI=1S/C18H31NO2/c1-6-7-8-9-10-11-16(19-3)15-13-18(21-5)17(20-4)12-14(15)2/h12-13,16,19H,6-11H2,1-5H3. The summed E-state index contributed by atoms with van der Waals surface area (Å²) in [5.74, 6) is 1.61. The quantitative estimate of drug-likeness (QED) is 0.638. The first kappa shape index (κ1) is 17.8. The van der Waals surface area contributed by atoms with E-state index in [0.29, 0.717) is 6.04 Å². The van der Waals surface area contributed by atoms with Gasteiger partial charge in [-0.3, -0.25) is 0 Å². The van der Waals surface area contributed by atoms with E-state index in [1.807, 2.05) is 7.05 Å². The minimum absolute atomic E-state index is 0.381. The van der Waals surface area contributed by atoms with Gasteiger partial charge in [-0.15, -0.1) is 0 Å². The van der Waals surface area contributed by atoms with Crippen LogP contribution in [0, 0.1) is 6.92 Å². The van der Waals surface area contributed by atoms with Crippen LogP contribution in [0.1, 0.15) is 62.6 Å². The van der Waals surface area contributed by atoms with Crippen LogP contribution in [-0.4, -0.2) is 21.3 Å². The van der Waals surface area contributed by atoms with Gasteiger partial charge in [0, 0.05) is 6.04 Å².